The molecule has 0 radical (unpaired) electrons. The lowest BCUT2D eigenvalue weighted by molar-refractivity contribution is -0.834. The normalized spacial score (nSPS) is 18.7. The van der Waals surface area contributed by atoms with E-state index in [2.05, 4.69) is 74.1 Å². The molecule has 0 amide bonds. The number of aryl methyl sites for hydroxylation is 4. The third-order valence-corrected chi connectivity index (χ3v) is 7.26. The zero-order valence-corrected chi connectivity index (χ0v) is 20.9. The number of aromatic nitrogens is 4. The Morgan fingerprint density at radius 3 is 2.61 bits per heavy atom. The Balaban J connectivity index is 1.53. The maximum Gasteiger partial charge on any atom is 0.204 e. The third-order valence-electron chi connectivity index (χ3n) is 7.26. The van der Waals surface area contributed by atoms with Crippen LogP contribution in [0, 0.1) is 12.8 Å². The summed E-state index contributed by atoms with van der Waals surface area (Å²) < 4.78 is 5.34. The summed E-state index contributed by atoms with van der Waals surface area (Å²) in [7, 11) is 6.65. The number of aliphatic imine (C=N–C) groups is 1. The zero-order valence-electron chi connectivity index (χ0n) is 20.9. The van der Waals surface area contributed by atoms with Gasteiger partial charge in [0, 0.05) is 32.6 Å². The lowest BCUT2D eigenvalue weighted by Crippen LogP contribution is -2.49. The van der Waals surface area contributed by atoms with Crippen molar-refractivity contribution in [3.63, 3.8) is 0 Å². The quantitative estimate of drug-likeness (QED) is 0.339. The molecular weight excluding hydrogens is 384 g/mol. The van der Waals surface area contributed by atoms with E-state index >= 15 is 0 Å². The molecule has 0 saturated carbocycles. The molecule has 0 saturated heterocycles. The zero-order chi connectivity index (χ0) is 22.6. The minimum Gasteiger partial charge on any atom is -0.335 e. The first-order valence-corrected chi connectivity index (χ1v) is 12.2. The van der Waals surface area contributed by atoms with Crippen LogP contribution in [0.2, 0.25) is 0 Å². The Morgan fingerprint density at radius 1 is 1.13 bits per heavy atom. The molecule has 0 aromatic carbocycles. The van der Waals surface area contributed by atoms with E-state index in [0.29, 0.717) is 6.04 Å². The van der Waals surface area contributed by atoms with E-state index in [1.165, 1.54) is 55.9 Å². The Morgan fingerprint density at radius 2 is 1.90 bits per heavy atom. The lowest BCUT2D eigenvalue weighted by atomic mass is 9.93. The van der Waals surface area contributed by atoms with Crippen LogP contribution in [-0.2, 0) is 20.0 Å². The van der Waals surface area contributed by atoms with Crippen molar-refractivity contribution in [1.29, 1.82) is 0 Å². The van der Waals surface area contributed by atoms with Gasteiger partial charge in [0.05, 0.1) is 26.1 Å². The van der Waals surface area contributed by atoms with E-state index in [1.807, 2.05) is 6.33 Å². The van der Waals surface area contributed by atoms with Gasteiger partial charge < -0.3 is 9.13 Å². The van der Waals surface area contributed by atoms with Gasteiger partial charge in [0.25, 0.3) is 0 Å². The van der Waals surface area contributed by atoms with Crippen molar-refractivity contribution in [2.75, 3.05) is 14.1 Å². The van der Waals surface area contributed by atoms with E-state index in [-0.39, 0.29) is 0 Å². The average Bonchev–Trinajstić information content (AvgIpc) is 3.28. The minimum atomic E-state index is 0.384. The van der Waals surface area contributed by atoms with Crippen LogP contribution in [0.4, 0.5) is 5.82 Å². The summed E-state index contributed by atoms with van der Waals surface area (Å²) in [4.78, 5) is 14.2. The summed E-state index contributed by atoms with van der Waals surface area (Å²) in [6.07, 6.45) is 13.8. The first-order chi connectivity index (χ1) is 14.8. The van der Waals surface area contributed by atoms with Crippen molar-refractivity contribution in [1.82, 2.24) is 19.1 Å². The van der Waals surface area contributed by atoms with Gasteiger partial charge in [-0.1, -0.05) is 39.5 Å². The SMILES string of the molecule is CCCC(CCCCC1=Nc2ncn(C)c2C(C)[N+]1(C)C)CCn1cc(C)nc1CC. The molecule has 0 N–H and O–H groups in total. The standard InChI is InChI=1S/C25H43N6/c1-8-12-21(15-16-30-17-19(3)27-22(30)9-2)13-10-11-14-23-28-25-24(29(5)18-26-25)20(4)31(23,6)7/h17-18,20-21H,8-16H2,1-7H3/q+1. The maximum absolute atomic E-state index is 4.97. The fourth-order valence-corrected chi connectivity index (χ4v) is 5.07. The van der Waals surface area contributed by atoms with Gasteiger partial charge >= 0.3 is 0 Å². The van der Waals surface area contributed by atoms with Crippen LogP contribution in [-0.4, -0.2) is 43.5 Å². The molecule has 2 atom stereocenters. The van der Waals surface area contributed by atoms with Crippen LogP contribution in [0.25, 0.3) is 0 Å². The Bertz CT molecular complexity index is 888. The van der Waals surface area contributed by atoms with E-state index in [9.17, 15) is 0 Å². The second kappa shape index (κ2) is 10.1. The van der Waals surface area contributed by atoms with E-state index < -0.39 is 0 Å². The number of rotatable bonds is 11. The summed E-state index contributed by atoms with van der Waals surface area (Å²) in [5.41, 5.74) is 2.39. The van der Waals surface area contributed by atoms with Crippen LogP contribution < -0.4 is 0 Å². The molecule has 3 heterocycles. The molecule has 6 nitrogen and oxygen atoms in total. The van der Waals surface area contributed by atoms with Crippen LogP contribution in [0.1, 0.15) is 89.0 Å². The Labute approximate surface area is 189 Å². The molecule has 31 heavy (non-hydrogen) atoms. The van der Waals surface area contributed by atoms with E-state index in [4.69, 9.17) is 4.99 Å². The fraction of sp³-hybridized carbons (Fsp3) is 0.720. The minimum absolute atomic E-state index is 0.384. The van der Waals surface area contributed by atoms with Crippen LogP contribution in [0.5, 0.6) is 0 Å². The molecule has 2 aromatic rings. The number of nitrogens with zero attached hydrogens (tertiary/aromatic N) is 6. The molecule has 2 aromatic heterocycles. The predicted octanol–water partition coefficient (Wildman–Crippen LogP) is 5.74. The smallest absolute Gasteiger partial charge is 0.204 e. The van der Waals surface area contributed by atoms with Gasteiger partial charge in [-0.15, -0.1) is 0 Å². The van der Waals surface area contributed by atoms with Crippen molar-refractivity contribution in [2.24, 2.45) is 18.0 Å². The molecular formula is C25H43N6+. The second-order valence-electron chi connectivity index (χ2n) is 9.84. The van der Waals surface area contributed by atoms with Gasteiger partial charge in [-0.05, 0) is 32.6 Å². The highest BCUT2D eigenvalue weighted by Gasteiger charge is 2.39. The largest absolute Gasteiger partial charge is 0.335 e. The number of hydrogen-bond donors (Lipinski definition) is 0. The monoisotopic (exact) mass is 427 g/mol. The average molecular weight is 428 g/mol. The summed E-state index contributed by atoms with van der Waals surface area (Å²) in [5.74, 6) is 4.22. The molecule has 0 spiro atoms. The maximum atomic E-state index is 4.97. The van der Waals surface area contributed by atoms with Gasteiger partial charge in [0.1, 0.15) is 17.6 Å². The van der Waals surface area contributed by atoms with Crippen molar-refractivity contribution < 1.29 is 4.48 Å². The number of amidine groups is 1. The highest BCUT2D eigenvalue weighted by Crippen LogP contribution is 2.37. The molecule has 2 unspecified atom stereocenters. The number of fused-ring (bicyclic) bond motifs is 1. The summed E-state index contributed by atoms with van der Waals surface area (Å²) in [6, 6.07) is 0.384. The molecule has 1 aliphatic heterocycles. The van der Waals surface area contributed by atoms with Crippen molar-refractivity contribution in [2.45, 2.75) is 91.6 Å². The second-order valence-corrected chi connectivity index (χ2v) is 9.84. The van der Waals surface area contributed by atoms with Crippen molar-refractivity contribution in [3.8, 4) is 0 Å². The molecule has 1 aliphatic rings. The number of quaternary nitrogens is 1. The van der Waals surface area contributed by atoms with Crippen LogP contribution in [0.3, 0.4) is 0 Å². The molecule has 0 fully saturated rings. The van der Waals surface area contributed by atoms with Crippen LogP contribution in [0.15, 0.2) is 17.5 Å². The highest BCUT2D eigenvalue weighted by atomic mass is 15.4. The van der Waals surface area contributed by atoms with E-state index in [0.717, 1.165) is 41.3 Å². The van der Waals surface area contributed by atoms with Crippen molar-refractivity contribution >= 4 is 11.7 Å². The van der Waals surface area contributed by atoms with Gasteiger partial charge in [0.2, 0.25) is 5.84 Å². The van der Waals surface area contributed by atoms with Gasteiger partial charge in [-0.25, -0.2) is 9.97 Å². The fourth-order valence-electron chi connectivity index (χ4n) is 5.07. The molecule has 3 rings (SSSR count). The van der Waals surface area contributed by atoms with Gasteiger partial charge in [0.15, 0.2) is 5.82 Å². The highest BCUT2D eigenvalue weighted by molar-refractivity contribution is 5.80. The Kier molecular flexibility index (Phi) is 7.73. The molecule has 172 valence electrons. The Hall–Kier alpha value is -1.95. The number of imidazole rings is 2. The van der Waals surface area contributed by atoms with Gasteiger partial charge in [-0.2, -0.15) is 4.99 Å². The molecule has 6 heteroatoms. The summed E-state index contributed by atoms with van der Waals surface area (Å²) in [5, 5.41) is 0. The first-order valence-electron chi connectivity index (χ1n) is 12.2. The van der Waals surface area contributed by atoms with Crippen LogP contribution >= 0.6 is 0 Å². The van der Waals surface area contributed by atoms with Gasteiger partial charge in [-0.3, -0.25) is 4.48 Å². The molecule has 0 bridgehead atoms. The van der Waals surface area contributed by atoms with Crippen molar-refractivity contribution in [3.05, 3.63) is 29.7 Å². The summed E-state index contributed by atoms with van der Waals surface area (Å²) in [6.45, 7) is 10.0. The molecule has 0 aliphatic carbocycles. The third kappa shape index (κ3) is 5.28. The first kappa shape index (κ1) is 23.7. The van der Waals surface area contributed by atoms with E-state index in [1.54, 1.807) is 0 Å². The lowest BCUT2D eigenvalue weighted by Gasteiger charge is -2.38. The number of unbranched alkanes of at least 4 members (excludes halogenated alkanes) is 1. The topological polar surface area (TPSA) is 48.0 Å². The predicted molar refractivity (Wildman–Crippen MR) is 129 cm³/mol. The summed E-state index contributed by atoms with van der Waals surface area (Å²) >= 11 is 0. The number of hydrogen-bond acceptors (Lipinski definition) is 3.